The van der Waals surface area contributed by atoms with Crippen LogP contribution in [0.4, 0.5) is 0 Å². The second kappa shape index (κ2) is 9.90. The van der Waals surface area contributed by atoms with Crippen molar-refractivity contribution in [2.24, 2.45) is 0 Å². The van der Waals surface area contributed by atoms with Gasteiger partial charge in [0.05, 0.1) is 12.2 Å². The number of carbonyl (C=O) groups is 2. The van der Waals surface area contributed by atoms with E-state index in [4.69, 9.17) is 14.2 Å². The first-order valence-corrected chi connectivity index (χ1v) is 11.3. The van der Waals surface area contributed by atoms with E-state index in [2.05, 4.69) is 4.57 Å². The number of aromatic nitrogens is 1. The van der Waals surface area contributed by atoms with Crippen molar-refractivity contribution >= 4 is 22.8 Å². The lowest BCUT2D eigenvalue weighted by atomic mass is 9.95. The Labute approximate surface area is 188 Å². The van der Waals surface area contributed by atoms with Crippen LogP contribution >= 0.6 is 0 Å². The third kappa shape index (κ3) is 4.64. The van der Waals surface area contributed by atoms with Gasteiger partial charge in [0.25, 0.3) is 0 Å². The molecule has 0 bridgehead atoms. The molecule has 0 radical (unpaired) electrons. The minimum absolute atomic E-state index is 0.200. The lowest BCUT2D eigenvalue weighted by molar-refractivity contribution is -0.136. The molecule has 32 heavy (non-hydrogen) atoms. The fourth-order valence-corrected chi connectivity index (χ4v) is 4.58. The van der Waals surface area contributed by atoms with Gasteiger partial charge in [-0.15, -0.1) is 0 Å². The number of fused-ring (bicyclic) bond motifs is 1. The van der Waals surface area contributed by atoms with E-state index in [0.29, 0.717) is 29.7 Å². The molecule has 6 nitrogen and oxygen atoms in total. The van der Waals surface area contributed by atoms with Gasteiger partial charge in [0.2, 0.25) is 0 Å². The molecule has 3 aromatic rings. The minimum Gasteiger partial charge on any atom is -0.482 e. The molecule has 0 unspecified atom stereocenters. The van der Waals surface area contributed by atoms with E-state index >= 15 is 0 Å². The van der Waals surface area contributed by atoms with Crippen LogP contribution in [0.1, 0.15) is 61.1 Å². The molecule has 2 aromatic carbocycles. The molecule has 1 fully saturated rings. The molecule has 0 spiro atoms. The van der Waals surface area contributed by atoms with Crippen molar-refractivity contribution in [3.8, 4) is 11.5 Å². The van der Waals surface area contributed by atoms with Gasteiger partial charge in [0, 0.05) is 22.6 Å². The Morgan fingerprint density at radius 3 is 2.47 bits per heavy atom. The number of para-hydroxylation sites is 1. The maximum absolute atomic E-state index is 12.8. The first-order valence-electron chi connectivity index (χ1n) is 11.3. The first kappa shape index (κ1) is 21.9. The van der Waals surface area contributed by atoms with Crippen LogP contribution in [0.15, 0.2) is 48.5 Å². The summed E-state index contributed by atoms with van der Waals surface area (Å²) >= 11 is 0. The Morgan fingerprint density at radius 2 is 1.75 bits per heavy atom. The second-order valence-electron chi connectivity index (χ2n) is 8.10. The van der Waals surface area contributed by atoms with Gasteiger partial charge < -0.3 is 18.8 Å². The first-order chi connectivity index (χ1) is 15.6. The molecule has 1 saturated carbocycles. The number of nitrogens with zero attached hydrogens (tertiary/aromatic N) is 1. The minimum atomic E-state index is -0.505. The standard InChI is InChI=1S/C26H29NO5/c1-3-30-26(29)25-18(2)27(19-10-6-4-7-11-19)23-15-14-21(16-22(23)25)32-24(28)17-31-20-12-8-5-9-13-20/h5,8-9,12-16,19H,3-4,6-7,10-11,17H2,1-2H3. The van der Waals surface area contributed by atoms with Crippen molar-refractivity contribution in [2.45, 2.75) is 52.0 Å². The average Bonchev–Trinajstić information content (AvgIpc) is 3.10. The van der Waals surface area contributed by atoms with Crippen LogP contribution in [-0.2, 0) is 9.53 Å². The van der Waals surface area contributed by atoms with E-state index in [1.54, 1.807) is 31.2 Å². The number of hydrogen-bond donors (Lipinski definition) is 0. The number of benzene rings is 2. The molecule has 1 aromatic heterocycles. The van der Waals surface area contributed by atoms with E-state index in [0.717, 1.165) is 29.4 Å². The highest BCUT2D eigenvalue weighted by Gasteiger charge is 2.26. The highest BCUT2D eigenvalue weighted by molar-refractivity contribution is 6.06. The third-order valence-corrected chi connectivity index (χ3v) is 5.97. The average molecular weight is 436 g/mol. The fraction of sp³-hybridized carbons (Fsp3) is 0.385. The van der Waals surface area contributed by atoms with Gasteiger partial charge in [-0.2, -0.15) is 0 Å². The summed E-state index contributed by atoms with van der Waals surface area (Å²) in [6, 6.07) is 14.9. The van der Waals surface area contributed by atoms with E-state index < -0.39 is 5.97 Å². The van der Waals surface area contributed by atoms with Gasteiger partial charge in [0.1, 0.15) is 11.5 Å². The molecule has 0 saturated heterocycles. The SMILES string of the molecule is CCOC(=O)c1c(C)n(C2CCCCC2)c2ccc(OC(=O)COc3ccccc3)cc12. The van der Waals surface area contributed by atoms with E-state index in [9.17, 15) is 9.59 Å². The van der Waals surface area contributed by atoms with Crippen LogP contribution < -0.4 is 9.47 Å². The Bertz CT molecular complexity index is 1100. The number of carbonyl (C=O) groups excluding carboxylic acids is 2. The predicted molar refractivity (Wildman–Crippen MR) is 122 cm³/mol. The Balaban J connectivity index is 1.62. The predicted octanol–water partition coefficient (Wildman–Crippen LogP) is 5.62. The molecular weight excluding hydrogens is 406 g/mol. The quantitative estimate of drug-likeness (QED) is 0.356. The summed E-state index contributed by atoms with van der Waals surface area (Å²) in [5.41, 5.74) is 2.42. The zero-order valence-electron chi connectivity index (χ0n) is 18.6. The summed E-state index contributed by atoms with van der Waals surface area (Å²) in [4.78, 5) is 25.1. The lowest BCUT2D eigenvalue weighted by Gasteiger charge is -2.26. The monoisotopic (exact) mass is 435 g/mol. The van der Waals surface area contributed by atoms with Crippen LogP contribution in [0.2, 0.25) is 0 Å². The summed E-state index contributed by atoms with van der Waals surface area (Å²) in [6.45, 7) is 3.88. The molecule has 1 aliphatic carbocycles. The highest BCUT2D eigenvalue weighted by atomic mass is 16.6. The largest absolute Gasteiger partial charge is 0.482 e. The van der Waals surface area contributed by atoms with E-state index in [1.807, 2.05) is 31.2 Å². The molecule has 168 valence electrons. The number of ether oxygens (including phenoxy) is 3. The summed E-state index contributed by atoms with van der Waals surface area (Å²) < 4.78 is 18.6. The van der Waals surface area contributed by atoms with Crippen LogP contribution in [-0.4, -0.2) is 29.7 Å². The van der Waals surface area contributed by atoms with E-state index in [1.165, 1.54) is 19.3 Å². The molecule has 0 amide bonds. The number of rotatable bonds is 7. The molecule has 1 aliphatic rings. The van der Waals surface area contributed by atoms with Crippen LogP contribution in [0.5, 0.6) is 11.5 Å². The molecule has 1 heterocycles. The second-order valence-corrected chi connectivity index (χ2v) is 8.10. The van der Waals surface area contributed by atoms with Crippen molar-refractivity contribution in [1.82, 2.24) is 4.57 Å². The van der Waals surface area contributed by atoms with E-state index in [-0.39, 0.29) is 12.6 Å². The summed E-state index contributed by atoms with van der Waals surface area (Å²) in [5, 5.41) is 0.751. The van der Waals surface area contributed by atoms with Gasteiger partial charge in [-0.25, -0.2) is 9.59 Å². The Hall–Kier alpha value is -3.28. The molecule has 0 atom stereocenters. The van der Waals surface area contributed by atoms with Crippen molar-refractivity contribution in [3.05, 3.63) is 59.8 Å². The molecular formula is C26H29NO5. The van der Waals surface area contributed by atoms with Crippen molar-refractivity contribution in [3.63, 3.8) is 0 Å². The molecule has 0 N–H and O–H groups in total. The number of esters is 2. The zero-order valence-corrected chi connectivity index (χ0v) is 18.6. The van der Waals surface area contributed by atoms with Gasteiger partial charge in [0.15, 0.2) is 6.61 Å². The molecule has 0 aliphatic heterocycles. The molecule has 6 heteroatoms. The zero-order chi connectivity index (χ0) is 22.5. The molecule has 4 rings (SSSR count). The third-order valence-electron chi connectivity index (χ3n) is 5.97. The van der Waals surface area contributed by atoms with Crippen LogP contribution in [0.25, 0.3) is 10.9 Å². The topological polar surface area (TPSA) is 66.8 Å². The number of hydrogen-bond acceptors (Lipinski definition) is 5. The highest BCUT2D eigenvalue weighted by Crippen LogP contribution is 2.37. The van der Waals surface area contributed by atoms with Crippen molar-refractivity contribution in [1.29, 1.82) is 0 Å². The fourth-order valence-electron chi connectivity index (χ4n) is 4.58. The smallest absolute Gasteiger partial charge is 0.349 e. The van der Waals surface area contributed by atoms with Gasteiger partial charge in [-0.05, 0) is 57.0 Å². The van der Waals surface area contributed by atoms with Crippen LogP contribution in [0, 0.1) is 6.92 Å². The summed E-state index contributed by atoms with van der Waals surface area (Å²) in [6.07, 6.45) is 5.83. The summed E-state index contributed by atoms with van der Waals surface area (Å²) in [5.74, 6) is 0.130. The van der Waals surface area contributed by atoms with Gasteiger partial charge in [-0.3, -0.25) is 0 Å². The lowest BCUT2D eigenvalue weighted by Crippen LogP contribution is -2.17. The van der Waals surface area contributed by atoms with Crippen molar-refractivity contribution < 1.29 is 23.8 Å². The van der Waals surface area contributed by atoms with Crippen LogP contribution in [0.3, 0.4) is 0 Å². The Morgan fingerprint density at radius 1 is 1.00 bits per heavy atom. The summed E-state index contributed by atoms with van der Waals surface area (Å²) in [7, 11) is 0. The van der Waals surface area contributed by atoms with Gasteiger partial charge >= 0.3 is 11.9 Å². The Kier molecular flexibility index (Phi) is 6.78. The van der Waals surface area contributed by atoms with Gasteiger partial charge in [-0.1, -0.05) is 37.5 Å². The van der Waals surface area contributed by atoms with Crippen molar-refractivity contribution in [2.75, 3.05) is 13.2 Å². The normalized spacial score (nSPS) is 14.3. The maximum atomic E-state index is 12.8. The maximum Gasteiger partial charge on any atom is 0.349 e.